The monoisotopic (exact) mass is 670 g/mol. The normalized spacial score (nSPS) is 18.2. The van der Waals surface area contributed by atoms with Gasteiger partial charge in [-0.1, -0.05) is 0 Å². The number of nitrogens with zero attached hydrogens (tertiary/aromatic N) is 4. The van der Waals surface area contributed by atoms with Crippen LogP contribution in [-0.2, 0) is 14.2 Å². The highest BCUT2D eigenvalue weighted by Crippen LogP contribution is 2.42. The van der Waals surface area contributed by atoms with Gasteiger partial charge >= 0.3 is 18.3 Å². The van der Waals surface area contributed by atoms with Gasteiger partial charge in [0, 0.05) is 42.0 Å². The second kappa shape index (κ2) is 13.0. The predicted octanol–water partition coefficient (Wildman–Crippen LogP) is 6.43. The van der Waals surface area contributed by atoms with Crippen LogP contribution in [0.5, 0.6) is 5.88 Å². The number of benzene rings is 1. The van der Waals surface area contributed by atoms with Crippen molar-refractivity contribution in [1.29, 1.82) is 0 Å². The summed E-state index contributed by atoms with van der Waals surface area (Å²) in [6.45, 7) is 12.7. The van der Waals surface area contributed by atoms with Crippen LogP contribution >= 0.6 is 0 Å². The van der Waals surface area contributed by atoms with Crippen LogP contribution in [0.1, 0.15) is 47.1 Å². The van der Waals surface area contributed by atoms with Crippen LogP contribution in [0.25, 0.3) is 21.9 Å². The number of likely N-dealkylation sites (N-methyl/N-ethyl adjacent to an activating group) is 1. The molecule has 2 aliphatic rings. The second-order valence-corrected chi connectivity index (χ2v) is 13.8. The zero-order valence-corrected chi connectivity index (χ0v) is 28.2. The number of anilines is 3. The van der Waals surface area contributed by atoms with Crippen molar-refractivity contribution in [3.63, 3.8) is 0 Å². The molecule has 1 fully saturated rings. The maximum Gasteiger partial charge on any atom is 0.415 e. The fourth-order valence-electron chi connectivity index (χ4n) is 5.47. The number of amides is 3. The molecule has 1 aromatic carbocycles. The Labute approximate surface area is 276 Å². The molecule has 0 bridgehead atoms. The smallest absolute Gasteiger partial charge is 0.415 e. The van der Waals surface area contributed by atoms with Crippen LogP contribution in [-0.4, -0.2) is 89.9 Å². The van der Waals surface area contributed by atoms with Gasteiger partial charge in [-0.2, -0.15) is 0 Å². The molecule has 3 amide bonds. The number of pyridine rings is 2. The lowest BCUT2D eigenvalue weighted by Gasteiger charge is -2.32. The van der Waals surface area contributed by atoms with E-state index in [4.69, 9.17) is 18.9 Å². The summed E-state index contributed by atoms with van der Waals surface area (Å²) in [4.78, 5) is 50.4. The van der Waals surface area contributed by atoms with E-state index in [2.05, 4.69) is 20.6 Å². The van der Waals surface area contributed by atoms with Crippen LogP contribution < -0.4 is 20.3 Å². The Morgan fingerprint density at radius 1 is 0.958 bits per heavy atom. The van der Waals surface area contributed by atoms with E-state index in [0.29, 0.717) is 22.2 Å². The van der Waals surface area contributed by atoms with Gasteiger partial charge in [-0.15, -0.1) is 0 Å². The molecule has 13 nitrogen and oxygen atoms in total. The molecule has 258 valence electrons. The van der Waals surface area contributed by atoms with Crippen molar-refractivity contribution >= 4 is 46.2 Å². The first-order valence-electron chi connectivity index (χ1n) is 15.5. The first-order valence-corrected chi connectivity index (χ1v) is 15.5. The van der Waals surface area contributed by atoms with E-state index < -0.39 is 47.6 Å². The Bertz CT molecular complexity index is 1760. The lowest BCUT2D eigenvalue weighted by molar-refractivity contribution is 0.0564. The van der Waals surface area contributed by atoms with Crippen LogP contribution in [0, 0.1) is 12.7 Å². The van der Waals surface area contributed by atoms with Crippen molar-refractivity contribution in [3.05, 3.63) is 35.9 Å². The van der Waals surface area contributed by atoms with Crippen molar-refractivity contribution in [2.45, 2.75) is 71.9 Å². The Hall–Kier alpha value is -4.79. The van der Waals surface area contributed by atoms with E-state index in [1.54, 1.807) is 60.4 Å². The predicted molar refractivity (Wildman–Crippen MR) is 175 cm³/mol. The average Bonchev–Trinajstić information content (AvgIpc) is 3.28. The molecule has 0 saturated carbocycles. The summed E-state index contributed by atoms with van der Waals surface area (Å²) in [6, 6.07) is 2.97. The number of rotatable bonds is 4. The number of alkyl halides is 1. The number of halogens is 2. The van der Waals surface area contributed by atoms with Gasteiger partial charge in [-0.25, -0.2) is 33.1 Å². The number of carbonyl (C=O) groups is 3. The van der Waals surface area contributed by atoms with E-state index in [1.165, 1.54) is 29.4 Å². The highest BCUT2D eigenvalue weighted by molar-refractivity contribution is 6.05. The molecule has 2 aliphatic heterocycles. The summed E-state index contributed by atoms with van der Waals surface area (Å²) >= 11 is 0. The van der Waals surface area contributed by atoms with Crippen molar-refractivity contribution in [2.24, 2.45) is 0 Å². The molecule has 2 atom stereocenters. The van der Waals surface area contributed by atoms with Gasteiger partial charge in [0.2, 0.25) is 5.88 Å². The molecule has 15 heteroatoms. The van der Waals surface area contributed by atoms with Gasteiger partial charge < -0.3 is 18.9 Å². The number of fused-ring (bicyclic) bond motifs is 2. The number of likely N-dealkylation sites (tertiary alicyclic amines) is 1. The van der Waals surface area contributed by atoms with Crippen LogP contribution in [0.2, 0.25) is 0 Å². The van der Waals surface area contributed by atoms with Crippen LogP contribution in [0.15, 0.2) is 24.5 Å². The molecule has 2 aromatic heterocycles. The Morgan fingerprint density at radius 2 is 1.67 bits per heavy atom. The first kappa shape index (κ1) is 34.5. The molecule has 0 spiro atoms. The summed E-state index contributed by atoms with van der Waals surface area (Å²) in [5.74, 6) is -0.598. The maximum absolute atomic E-state index is 16.6. The van der Waals surface area contributed by atoms with Crippen molar-refractivity contribution in [1.82, 2.24) is 14.9 Å². The highest BCUT2D eigenvalue weighted by atomic mass is 19.1. The van der Waals surface area contributed by atoms with E-state index in [0.717, 1.165) is 0 Å². The van der Waals surface area contributed by atoms with Gasteiger partial charge in [-0.3, -0.25) is 20.4 Å². The summed E-state index contributed by atoms with van der Waals surface area (Å²) in [5, 5.41) is 5.57. The number of carbonyl (C=O) groups excluding carboxylic acids is 3. The number of nitrogens with one attached hydrogen (secondary N) is 2. The van der Waals surface area contributed by atoms with E-state index in [1.807, 2.05) is 0 Å². The highest BCUT2D eigenvalue weighted by Gasteiger charge is 2.35. The van der Waals surface area contributed by atoms with E-state index in [9.17, 15) is 18.8 Å². The fraction of sp³-hybridized carbons (Fsp3) is 0.485. The quantitative estimate of drug-likeness (QED) is 0.298. The summed E-state index contributed by atoms with van der Waals surface area (Å²) in [7, 11) is 1.72. The minimum Gasteiger partial charge on any atom is -0.474 e. The molecule has 1 saturated heterocycles. The number of hydrogen-bond donors (Lipinski definition) is 2. The fourth-order valence-corrected chi connectivity index (χ4v) is 5.47. The SMILES string of the molecule is Cc1c(-c2cc3cc(NC(=O)O[C@@H]4CN(C)C[C@H]4F)ncc3c(NC(=O)OC(C)(C)C)c2F)cnc2c1N(C(=O)OC(C)(C)C)CCO2. The molecule has 2 N–H and O–H groups in total. The number of aromatic nitrogens is 2. The van der Waals surface area contributed by atoms with Crippen molar-refractivity contribution < 1.29 is 42.1 Å². The van der Waals surface area contributed by atoms with Crippen LogP contribution in [0.4, 0.5) is 40.4 Å². The second-order valence-electron chi connectivity index (χ2n) is 13.8. The topological polar surface area (TPSA) is 144 Å². The third-order valence-corrected chi connectivity index (χ3v) is 7.46. The molecule has 48 heavy (non-hydrogen) atoms. The molecular formula is C33H40F2N6O7. The lowest BCUT2D eigenvalue weighted by Crippen LogP contribution is -2.42. The molecular weight excluding hydrogens is 630 g/mol. The van der Waals surface area contributed by atoms with E-state index in [-0.39, 0.29) is 54.6 Å². The molecule has 5 rings (SSSR count). The molecule has 0 radical (unpaired) electrons. The van der Waals surface area contributed by atoms with Gasteiger partial charge in [0.25, 0.3) is 0 Å². The third kappa shape index (κ3) is 7.67. The Morgan fingerprint density at radius 3 is 2.31 bits per heavy atom. The molecule has 3 aromatic rings. The maximum atomic E-state index is 16.6. The Kier molecular flexibility index (Phi) is 9.37. The molecule has 4 heterocycles. The van der Waals surface area contributed by atoms with Gasteiger partial charge in [-0.05, 0) is 78.6 Å². The zero-order chi connectivity index (χ0) is 35.1. The minimum absolute atomic E-state index is 0.0186. The summed E-state index contributed by atoms with van der Waals surface area (Å²) < 4.78 is 52.8. The summed E-state index contributed by atoms with van der Waals surface area (Å²) in [5.41, 5.74) is -0.780. The number of hydrogen-bond acceptors (Lipinski definition) is 10. The standard InChI is InChI=1S/C33H40F2N6O7/c1-17-20(13-37-28-27(17)41(9-10-45-28)31(44)48-33(5,6)7)19-11-18-12-24(38-29(42)46-23-16-40(8)15-22(23)34)36-14-21(18)26(25(19)35)39-30(43)47-32(2,3)4/h11-14,22-23H,9-10,15-16H2,1-8H3,(H,39,43)(H,36,38,42)/t22-,23-/m1/s1. The average molecular weight is 671 g/mol. The van der Waals surface area contributed by atoms with Gasteiger partial charge in [0.05, 0.1) is 12.2 Å². The minimum atomic E-state index is -1.33. The van der Waals surface area contributed by atoms with Crippen LogP contribution in [0.3, 0.4) is 0 Å². The van der Waals surface area contributed by atoms with E-state index >= 15 is 4.39 Å². The van der Waals surface area contributed by atoms with Gasteiger partial charge in [0.1, 0.15) is 35.4 Å². The summed E-state index contributed by atoms with van der Waals surface area (Å²) in [6.07, 6.45) is -2.00. The largest absolute Gasteiger partial charge is 0.474 e. The lowest BCUT2D eigenvalue weighted by atomic mass is 9.96. The van der Waals surface area contributed by atoms with Crippen molar-refractivity contribution in [3.8, 4) is 17.0 Å². The molecule has 0 aliphatic carbocycles. The first-order chi connectivity index (χ1) is 22.4. The van der Waals surface area contributed by atoms with Crippen molar-refractivity contribution in [2.75, 3.05) is 48.8 Å². The number of ether oxygens (including phenoxy) is 4. The Balaban J connectivity index is 1.58. The molecule has 0 unspecified atom stereocenters. The zero-order valence-electron chi connectivity index (χ0n) is 28.2. The van der Waals surface area contributed by atoms with Gasteiger partial charge in [0.15, 0.2) is 12.0 Å². The third-order valence-electron chi connectivity index (χ3n) is 7.46.